The van der Waals surface area contributed by atoms with Crippen molar-refractivity contribution < 1.29 is 120 Å². The highest BCUT2D eigenvalue weighted by molar-refractivity contribution is 9.09. The third-order valence-electron chi connectivity index (χ3n) is 19.3. The molecule has 0 spiro atoms. The molecule has 10 N–H and O–H groups in total. The Bertz CT molecular complexity index is 6790. The third-order valence-corrected chi connectivity index (χ3v) is 20.4. The maximum absolute atomic E-state index is 12.0. The van der Waals surface area contributed by atoms with Gasteiger partial charge in [0.2, 0.25) is 12.2 Å². The number of carbonyl (C=O) groups excluding carboxylic acids is 3. The monoisotopic (exact) mass is 1830 g/mol. The van der Waals surface area contributed by atoms with Crippen molar-refractivity contribution in [3.8, 4) is 0 Å². The molecule has 6 atom stereocenters. The minimum atomic E-state index is -1.97. The van der Waals surface area contributed by atoms with Crippen LogP contribution >= 0.6 is 31.9 Å². The number of nitrogens with one attached hydrogen (secondary N) is 1. The zero-order valence-corrected chi connectivity index (χ0v) is 67.7. The number of Topliss-reactive ketones (excluding diaryl/α,β-unsaturated/α-hetero) is 1. The van der Waals surface area contributed by atoms with Crippen LogP contribution in [0, 0.1) is 50.6 Å². The van der Waals surface area contributed by atoms with E-state index in [9.17, 15) is 109 Å². The summed E-state index contributed by atoms with van der Waals surface area (Å²) in [6, 6.07) is 45.4. The topological polar surface area (TPSA) is 602 Å². The normalized spacial score (nSPS) is 12.6. The predicted octanol–water partition coefficient (Wildman–Crippen LogP) is 17.6. The van der Waals surface area contributed by atoms with Crippen LogP contribution in [-0.2, 0) is 53.2 Å². The molecule has 0 bridgehead atoms. The molecular weight excluding hydrogens is 1760 g/mol. The van der Waals surface area contributed by atoms with Crippen LogP contribution in [0.4, 0.5) is 28.4 Å². The van der Waals surface area contributed by atoms with Gasteiger partial charge in [-0.05, 0) is 100 Å². The number of ketones is 1. The van der Waals surface area contributed by atoms with Gasteiger partial charge in [-0.15, -0.1) is 0 Å². The molecule has 0 saturated carbocycles. The number of para-hydroxylation sites is 5. The molecule has 0 aliphatic rings. The highest BCUT2D eigenvalue weighted by atomic mass is 79.9. The number of carbonyl (C=O) groups is 8. The number of nitro benzene ring substituents is 5. The van der Waals surface area contributed by atoms with Gasteiger partial charge in [-0.25, -0.2) is 9.59 Å². The van der Waals surface area contributed by atoms with Crippen LogP contribution in [0.15, 0.2) is 204 Å². The Morgan fingerprint density at radius 2 is 0.718 bits per heavy atom. The number of fused-ring (bicyclic) bond motifs is 15. The summed E-state index contributed by atoms with van der Waals surface area (Å²) >= 11 is 6.68. The lowest BCUT2D eigenvalue weighted by Gasteiger charge is -2.20. The van der Waals surface area contributed by atoms with Crippen molar-refractivity contribution >= 4 is 218 Å². The van der Waals surface area contributed by atoms with Crippen molar-refractivity contribution in [3.63, 3.8) is 0 Å². The molecule has 0 radical (unpaired) electrons. The van der Waals surface area contributed by atoms with Crippen LogP contribution in [0.5, 0.6) is 0 Å². The number of alkyl halides is 2. The van der Waals surface area contributed by atoms with Gasteiger partial charge in [-0.3, -0.25) is 79.9 Å². The first-order valence-electron chi connectivity index (χ1n) is 37.0. The summed E-state index contributed by atoms with van der Waals surface area (Å²) in [5, 5.41) is 114. The number of nitrogens with zero attached hydrogens (tertiary/aromatic N) is 5. The van der Waals surface area contributed by atoms with E-state index in [1.54, 1.807) is 72.8 Å². The first-order valence-corrected chi connectivity index (χ1v) is 39.0. The fourth-order valence-corrected chi connectivity index (χ4v) is 14.2. The summed E-state index contributed by atoms with van der Waals surface area (Å²) in [6.45, 7) is 3.40. The van der Waals surface area contributed by atoms with E-state index in [1.165, 1.54) is 37.3 Å². The van der Waals surface area contributed by atoms with Crippen molar-refractivity contribution in [1.29, 1.82) is 0 Å². The number of carboxylic acids is 5. The quantitative estimate of drug-likeness (QED) is 0.00977. The fourth-order valence-electron chi connectivity index (χ4n) is 13.4. The van der Waals surface area contributed by atoms with Crippen LogP contribution in [0.1, 0.15) is 103 Å². The molecule has 40 heteroatoms. The standard InChI is InChI=1S/C20H18N2O8.C19H16N2O9.C18H16N2O7.C14H10BrNO3.C13H8BrNO3/c1-10(23)6-7-14(19(24)25)21-18(20(26)27)13-8-12-11-4-2-3-5-16(11)30-17(12)9-15(13)22(28)29;20-12(18(23)24)5-6-16(22)30-17(19(25)26)11-7-10-9-3-1-2-4-14(9)29-15(10)8-13(11)21(27)28;19-7-3-6-16(21)27-17(18(22)23)12-8-11-10-4-1-2-5-14(10)26-15(11)9-13(12)20(24)25;1-8(15)10-6-11-9-4-2-3-5-13(9)19-14(11)7-12(10)16(17)18;14-7-8-5-10-9-3-1-2-4-12(9)18-13(10)6-11(8)15(16)17/h2-5,8-9,14,18,21H,6-7H2,1H3,(H,24,25)(H,26,27);1-4,7-8,12,17H,5-6,20H2,(H,23,24)(H,25,26);1-2,4-5,8-9,17H,3,6-7,19H2,(H,22,23);2-8H,1H3;1-6H,7H2. The number of hydrogen-bond acceptors (Lipinski definition) is 28. The van der Waals surface area contributed by atoms with Gasteiger partial charge in [-0.2, -0.15) is 0 Å². The lowest BCUT2D eigenvalue weighted by molar-refractivity contribution is -0.386. The van der Waals surface area contributed by atoms with Crippen molar-refractivity contribution in [2.24, 2.45) is 11.5 Å². The highest BCUT2D eigenvalue weighted by Gasteiger charge is 2.37. The van der Waals surface area contributed by atoms with E-state index in [0.29, 0.717) is 83.1 Å². The molecule has 5 aromatic heterocycles. The third kappa shape index (κ3) is 20.2. The molecule has 0 amide bonds. The number of esters is 2. The summed E-state index contributed by atoms with van der Waals surface area (Å²) in [5.74, 6) is -9.41. The number of nitrogens with two attached hydrogens (primary N) is 2. The van der Waals surface area contributed by atoms with E-state index in [4.69, 9.17) is 48.1 Å². The van der Waals surface area contributed by atoms with Crippen LogP contribution in [-0.4, -0.2) is 116 Å². The summed E-state index contributed by atoms with van der Waals surface area (Å²) in [6.07, 6.45) is -4.53. The van der Waals surface area contributed by atoms with Gasteiger partial charge >= 0.3 is 41.8 Å². The molecule has 10 aromatic carbocycles. The molecular formula is C84H68Br2N8O30. The van der Waals surface area contributed by atoms with E-state index >= 15 is 0 Å². The van der Waals surface area contributed by atoms with Crippen molar-refractivity contribution in [2.45, 2.75) is 92.9 Å². The Kier molecular flexibility index (Phi) is 28.3. The average molecular weight is 1830 g/mol. The summed E-state index contributed by atoms with van der Waals surface area (Å²) in [7, 11) is 0. The van der Waals surface area contributed by atoms with Gasteiger partial charge in [0.15, 0.2) is 0 Å². The second-order valence-corrected chi connectivity index (χ2v) is 29.4. The Hall–Kier alpha value is -15.0. The van der Waals surface area contributed by atoms with Crippen molar-refractivity contribution in [1.82, 2.24) is 5.32 Å². The second kappa shape index (κ2) is 39.0. The molecule has 0 aliphatic carbocycles. The first kappa shape index (κ1) is 89.8. The predicted molar refractivity (Wildman–Crippen MR) is 453 cm³/mol. The lowest BCUT2D eigenvalue weighted by atomic mass is 9.99. The van der Waals surface area contributed by atoms with E-state index in [-0.39, 0.29) is 97.5 Å². The molecule has 15 rings (SSSR count). The minimum Gasteiger partial charge on any atom is -0.480 e. The highest BCUT2D eigenvalue weighted by Crippen LogP contribution is 2.43. The van der Waals surface area contributed by atoms with Gasteiger partial charge in [0.1, 0.15) is 79.7 Å². The number of ether oxygens (including phenoxy) is 2. The first-order chi connectivity index (χ1) is 59.1. The summed E-state index contributed by atoms with van der Waals surface area (Å²) in [5.41, 5.74) is 14.3. The van der Waals surface area contributed by atoms with Crippen LogP contribution in [0.3, 0.4) is 0 Å². The Morgan fingerprint density at radius 1 is 0.403 bits per heavy atom. The maximum atomic E-state index is 12.0. The minimum absolute atomic E-state index is 0.0784. The smallest absolute Gasteiger partial charge is 0.350 e. The molecule has 5 heterocycles. The number of rotatable bonds is 28. The molecule has 6 unspecified atom stereocenters. The number of furan rings is 5. The fraction of sp³-hybridized carbons (Fsp3) is 0.190. The van der Waals surface area contributed by atoms with Gasteiger partial charge in [0.25, 0.3) is 28.4 Å². The van der Waals surface area contributed by atoms with E-state index in [2.05, 4.69) is 37.2 Å². The number of carboxylic acid groups (broad SMARTS) is 5. The lowest BCUT2D eigenvalue weighted by Crippen LogP contribution is -2.42. The van der Waals surface area contributed by atoms with Gasteiger partial charge in [0.05, 0.1) is 71.6 Å². The Labute approximate surface area is 710 Å². The SMILES string of the molecule is CC(=O)CCC(NC(C(=O)O)c1cc2c(cc1[N+](=O)[O-])oc1ccccc12)C(=O)O.CC(Br)c1cc2c(cc1[N+](=O)[O-])oc1ccccc12.NC(CCC(=O)OC(C(=O)O)c1cc2c(cc1[N+](=O)[O-])oc1ccccc12)C(=O)O.NCCCC(=O)OC(C(=O)O)c1cc2c(cc1[N+](=O)[O-])oc1ccccc12.O=[N+]([O-])c1cc2oc3ccccc3c2cc1CBr. The number of aliphatic carboxylic acids is 5. The number of benzene rings is 10. The van der Waals surface area contributed by atoms with Crippen LogP contribution in [0.25, 0.3) is 110 Å². The zero-order chi connectivity index (χ0) is 89.8. The molecule has 0 saturated heterocycles. The molecule has 0 aliphatic heterocycles. The van der Waals surface area contributed by atoms with Crippen LogP contribution < -0.4 is 16.8 Å². The average Bonchev–Trinajstić information content (AvgIpc) is 1.62. The zero-order valence-electron chi connectivity index (χ0n) is 64.5. The molecule has 15 aromatic rings. The van der Waals surface area contributed by atoms with E-state index in [1.807, 2.05) is 67.6 Å². The van der Waals surface area contributed by atoms with Gasteiger partial charge in [-0.1, -0.05) is 123 Å². The molecule has 124 heavy (non-hydrogen) atoms. The largest absolute Gasteiger partial charge is 0.480 e. The Balaban J connectivity index is 0.000000153. The molecule has 638 valence electrons. The van der Waals surface area contributed by atoms with E-state index in [0.717, 1.165) is 50.9 Å². The van der Waals surface area contributed by atoms with Crippen molar-refractivity contribution in [2.75, 3.05) is 6.54 Å². The number of halogens is 2. The molecule has 0 fully saturated rings. The number of nitro groups is 5. The summed E-state index contributed by atoms with van der Waals surface area (Å²) < 4.78 is 38.0. The Morgan fingerprint density at radius 3 is 1.02 bits per heavy atom. The van der Waals surface area contributed by atoms with E-state index < -0.39 is 110 Å². The van der Waals surface area contributed by atoms with Gasteiger partial charge < -0.3 is 73.4 Å². The van der Waals surface area contributed by atoms with Crippen LogP contribution in [0.2, 0.25) is 0 Å². The number of hydrogen-bond donors (Lipinski definition) is 8. The second-order valence-electron chi connectivity index (χ2n) is 27.5. The molecule has 38 nitrogen and oxygen atoms in total. The van der Waals surface area contributed by atoms with Gasteiger partial charge in [0, 0.05) is 94.4 Å². The summed E-state index contributed by atoms with van der Waals surface area (Å²) in [4.78, 5) is 146. The van der Waals surface area contributed by atoms with Crippen molar-refractivity contribution in [3.05, 3.63) is 260 Å². The maximum Gasteiger partial charge on any atom is 0.350 e.